The molecule has 0 aliphatic carbocycles. The molecule has 0 aliphatic rings. The molecule has 54 valence electrons. The lowest BCUT2D eigenvalue weighted by Gasteiger charge is -1.97. The van der Waals surface area contributed by atoms with E-state index in [1.54, 1.807) is 6.07 Å². The fourth-order valence-corrected chi connectivity index (χ4v) is 0.816. The van der Waals surface area contributed by atoms with Gasteiger partial charge in [-0.15, -0.1) is 0 Å². The van der Waals surface area contributed by atoms with E-state index in [1.165, 1.54) is 12.4 Å². The van der Waals surface area contributed by atoms with E-state index in [9.17, 15) is 5.21 Å². The normalized spacial score (nSPS) is 9.70. The van der Waals surface area contributed by atoms with Gasteiger partial charge in [0.1, 0.15) is 0 Å². The average molecular weight is 138 g/mol. The van der Waals surface area contributed by atoms with E-state index in [0.29, 0.717) is 6.54 Å². The smallest absolute Gasteiger partial charge is 0.183 e. The van der Waals surface area contributed by atoms with Crippen molar-refractivity contribution in [2.24, 2.45) is 5.73 Å². The van der Waals surface area contributed by atoms with Crippen LogP contribution >= 0.6 is 0 Å². The van der Waals surface area contributed by atoms with Crippen LogP contribution in [0.15, 0.2) is 24.5 Å². The number of pyridine rings is 1. The van der Waals surface area contributed by atoms with Crippen molar-refractivity contribution >= 4 is 0 Å². The first-order chi connectivity index (χ1) is 4.83. The lowest BCUT2D eigenvalue weighted by molar-refractivity contribution is -0.605. The van der Waals surface area contributed by atoms with Crippen molar-refractivity contribution in [1.82, 2.24) is 0 Å². The highest BCUT2D eigenvalue weighted by Gasteiger charge is 1.93. The molecule has 0 unspecified atom stereocenters. The van der Waals surface area contributed by atoms with E-state index < -0.39 is 0 Å². The maximum atomic E-state index is 10.6. The molecule has 0 saturated heterocycles. The topological polar surface area (TPSA) is 53.0 Å². The predicted octanol–water partition coefficient (Wildman–Crippen LogP) is -0.179. The molecule has 0 bridgehead atoms. The Labute approximate surface area is 59.7 Å². The molecule has 1 aromatic heterocycles. The summed E-state index contributed by atoms with van der Waals surface area (Å²) in [6.45, 7) is 0.587. The van der Waals surface area contributed by atoms with Gasteiger partial charge in [0.15, 0.2) is 12.4 Å². The molecule has 1 aromatic rings. The summed E-state index contributed by atoms with van der Waals surface area (Å²) in [7, 11) is 0. The number of rotatable bonds is 2. The van der Waals surface area contributed by atoms with Crippen molar-refractivity contribution in [2.45, 2.75) is 6.42 Å². The second-order valence-corrected chi connectivity index (χ2v) is 2.11. The van der Waals surface area contributed by atoms with Crippen LogP contribution in [0.4, 0.5) is 0 Å². The number of aromatic nitrogens is 1. The van der Waals surface area contributed by atoms with Crippen molar-refractivity contribution in [2.75, 3.05) is 6.54 Å². The van der Waals surface area contributed by atoms with Gasteiger partial charge in [-0.2, -0.15) is 4.73 Å². The molecule has 0 fully saturated rings. The molecule has 1 heterocycles. The second kappa shape index (κ2) is 3.17. The van der Waals surface area contributed by atoms with Crippen molar-refractivity contribution in [1.29, 1.82) is 0 Å². The van der Waals surface area contributed by atoms with E-state index in [-0.39, 0.29) is 0 Å². The Hall–Kier alpha value is -1.09. The van der Waals surface area contributed by atoms with Crippen LogP contribution < -0.4 is 10.5 Å². The van der Waals surface area contributed by atoms with Gasteiger partial charge < -0.3 is 10.9 Å². The first-order valence-electron chi connectivity index (χ1n) is 3.20. The van der Waals surface area contributed by atoms with Gasteiger partial charge in [-0.25, -0.2) is 0 Å². The van der Waals surface area contributed by atoms with Crippen LogP contribution in [-0.4, -0.2) is 6.54 Å². The van der Waals surface area contributed by atoms with Gasteiger partial charge >= 0.3 is 0 Å². The average Bonchev–Trinajstić information content (AvgIpc) is 1.88. The van der Waals surface area contributed by atoms with Crippen molar-refractivity contribution in [3.05, 3.63) is 35.3 Å². The first kappa shape index (κ1) is 7.02. The number of nitrogens with two attached hydrogens (primary N) is 1. The highest BCUT2D eigenvalue weighted by atomic mass is 16.5. The zero-order valence-electron chi connectivity index (χ0n) is 5.66. The Kier molecular flexibility index (Phi) is 2.23. The van der Waals surface area contributed by atoms with Crippen LogP contribution in [0.2, 0.25) is 0 Å². The maximum absolute atomic E-state index is 10.6. The van der Waals surface area contributed by atoms with Crippen molar-refractivity contribution < 1.29 is 4.73 Å². The Bertz CT molecular complexity index is 213. The molecule has 10 heavy (non-hydrogen) atoms. The van der Waals surface area contributed by atoms with E-state index >= 15 is 0 Å². The molecule has 0 atom stereocenters. The van der Waals surface area contributed by atoms with E-state index in [0.717, 1.165) is 16.7 Å². The van der Waals surface area contributed by atoms with Crippen molar-refractivity contribution in [3.8, 4) is 0 Å². The zero-order chi connectivity index (χ0) is 7.40. The molecular weight excluding hydrogens is 128 g/mol. The molecule has 0 aliphatic heterocycles. The standard InChI is InChI=1S/C7H10N2O/c8-4-3-7-2-1-5-9(10)6-7/h1-2,5-6H,3-4,8H2. The summed E-state index contributed by atoms with van der Waals surface area (Å²) >= 11 is 0. The Morgan fingerprint density at radius 3 is 3.00 bits per heavy atom. The monoisotopic (exact) mass is 138 g/mol. The minimum atomic E-state index is 0.587. The van der Waals surface area contributed by atoms with Gasteiger partial charge in [-0.1, -0.05) is 0 Å². The Balaban J connectivity index is 2.75. The summed E-state index contributed by atoms with van der Waals surface area (Å²) in [6.07, 6.45) is 3.76. The van der Waals surface area contributed by atoms with Crippen LogP contribution in [0.25, 0.3) is 0 Å². The lowest BCUT2D eigenvalue weighted by Crippen LogP contribution is -2.25. The van der Waals surface area contributed by atoms with Crippen LogP contribution in [0, 0.1) is 5.21 Å². The highest BCUT2D eigenvalue weighted by molar-refractivity contribution is 5.05. The number of nitrogens with zero attached hydrogens (tertiary/aromatic N) is 1. The third-order valence-corrected chi connectivity index (χ3v) is 1.27. The Morgan fingerprint density at radius 1 is 1.60 bits per heavy atom. The molecule has 3 nitrogen and oxygen atoms in total. The molecule has 3 heteroatoms. The SMILES string of the molecule is NCCc1ccc[n+]([O-])c1. The molecule has 0 radical (unpaired) electrons. The van der Waals surface area contributed by atoms with Gasteiger partial charge in [0, 0.05) is 11.6 Å². The van der Waals surface area contributed by atoms with Crippen LogP contribution in [-0.2, 0) is 6.42 Å². The summed E-state index contributed by atoms with van der Waals surface area (Å²) in [5, 5.41) is 10.6. The third-order valence-electron chi connectivity index (χ3n) is 1.27. The number of hydrogen-bond donors (Lipinski definition) is 1. The van der Waals surface area contributed by atoms with Crippen LogP contribution in [0.5, 0.6) is 0 Å². The minimum Gasteiger partial charge on any atom is -0.619 e. The maximum Gasteiger partial charge on any atom is 0.183 e. The molecule has 0 aromatic carbocycles. The first-order valence-corrected chi connectivity index (χ1v) is 3.20. The second-order valence-electron chi connectivity index (χ2n) is 2.11. The molecule has 0 amide bonds. The van der Waals surface area contributed by atoms with Gasteiger partial charge in [0.05, 0.1) is 0 Å². The molecule has 0 spiro atoms. The summed E-state index contributed by atoms with van der Waals surface area (Å²) in [5.41, 5.74) is 6.29. The van der Waals surface area contributed by atoms with Gasteiger partial charge in [0.2, 0.25) is 0 Å². The summed E-state index contributed by atoms with van der Waals surface area (Å²) in [5.74, 6) is 0. The zero-order valence-corrected chi connectivity index (χ0v) is 5.66. The summed E-state index contributed by atoms with van der Waals surface area (Å²) in [4.78, 5) is 0. The fraction of sp³-hybridized carbons (Fsp3) is 0.286. The molecule has 0 saturated carbocycles. The van der Waals surface area contributed by atoms with E-state index in [1.807, 2.05) is 6.07 Å². The van der Waals surface area contributed by atoms with E-state index in [4.69, 9.17) is 5.73 Å². The molecular formula is C7H10N2O. The highest BCUT2D eigenvalue weighted by Crippen LogP contribution is 1.92. The van der Waals surface area contributed by atoms with E-state index in [2.05, 4.69) is 0 Å². The van der Waals surface area contributed by atoms with Crippen LogP contribution in [0.1, 0.15) is 5.56 Å². The molecule has 1 rings (SSSR count). The summed E-state index contributed by atoms with van der Waals surface area (Å²) < 4.78 is 0.783. The fourth-order valence-electron chi connectivity index (χ4n) is 0.816. The van der Waals surface area contributed by atoms with Gasteiger partial charge in [-0.05, 0) is 19.0 Å². The largest absolute Gasteiger partial charge is 0.619 e. The molecule has 2 N–H and O–H groups in total. The third kappa shape index (κ3) is 1.70. The number of hydrogen-bond acceptors (Lipinski definition) is 2. The van der Waals surface area contributed by atoms with Gasteiger partial charge in [0.25, 0.3) is 0 Å². The van der Waals surface area contributed by atoms with Crippen LogP contribution in [0.3, 0.4) is 0 Å². The Morgan fingerprint density at radius 2 is 2.40 bits per heavy atom. The summed E-state index contributed by atoms with van der Waals surface area (Å²) in [6, 6.07) is 3.61. The minimum absolute atomic E-state index is 0.587. The van der Waals surface area contributed by atoms with Gasteiger partial charge in [-0.3, -0.25) is 0 Å². The quantitative estimate of drug-likeness (QED) is 0.455. The predicted molar refractivity (Wildman–Crippen MR) is 38.2 cm³/mol. The van der Waals surface area contributed by atoms with Crippen molar-refractivity contribution in [3.63, 3.8) is 0 Å². The lowest BCUT2D eigenvalue weighted by atomic mass is 10.2.